The minimum absolute atomic E-state index is 0.260. The molecule has 2 rings (SSSR count). The second-order valence-electron chi connectivity index (χ2n) is 4.62. The predicted molar refractivity (Wildman–Crippen MR) is 67.4 cm³/mol. The molecule has 0 saturated heterocycles. The average Bonchev–Trinajstić information content (AvgIpc) is 2.63. The summed E-state index contributed by atoms with van der Waals surface area (Å²) in [6.45, 7) is 6.02. The number of nitrogens with two attached hydrogens (primary N) is 1. The summed E-state index contributed by atoms with van der Waals surface area (Å²) in [5.74, 6) is 0.566. The largest absolute Gasteiger partial charge is 0.327 e. The summed E-state index contributed by atoms with van der Waals surface area (Å²) in [6, 6.07) is 2.53. The Morgan fingerprint density at radius 2 is 2.53 bits per heavy atom. The van der Waals surface area contributed by atoms with Gasteiger partial charge in [-0.3, -0.25) is 0 Å². The molecule has 2 heteroatoms. The fourth-order valence-electron chi connectivity index (χ4n) is 2.51. The molecule has 1 heterocycles. The Morgan fingerprint density at radius 1 is 1.73 bits per heavy atom. The normalized spacial score (nSPS) is 22.1. The molecule has 0 amide bonds. The van der Waals surface area contributed by atoms with Gasteiger partial charge in [-0.05, 0) is 49.6 Å². The van der Waals surface area contributed by atoms with Crippen LogP contribution in [0.25, 0.3) is 0 Å². The molecule has 0 aromatic carbocycles. The molecular formula is C13H19NS. The fourth-order valence-corrected chi connectivity index (χ4v) is 3.51. The van der Waals surface area contributed by atoms with Gasteiger partial charge in [-0.25, -0.2) is 0 Å². The van der Waals surface area contributed by atoms with E-state index in [0.717, 1.165) is 6.42 Å². The van der Waals surface area contributed by atoms with Gasteiger partial charge in [-0.2, -0.15) is 0 Å². The van der Waals surface area contributed by atoms with E-state index in [0.29, 0.717) is 5.92 Å². The summed E-state index contributed by atoms with van der Waals surface area (Å²) in [7, 11) is 0. The lowest BCUT2D eigenvalue weighted by atomic mass is 9.81. The van der Waals surface area contributed by atoms with Crippen LogP contribution in [0.3, 0.4) is 0 Å². The van der Waals surface area contributed by atoms with Gasteiger partial charge in [0, 0.05) is 16.8 Å². The van der Waals surface area contributed by atoms with E-state index < -0.39 is 0 Å². The van der Waals surface area contributed by atoms with E-state index in [1.807, 2.05) is 11.3 Å². The molecule has 1 aliphatic rings. The van der Waals surface area contributed by atoms with Crippen LogP contribution in [-0.2, 0) is 6.42 Å². The van der Waals surface area contributed by atoms with E-state index in [4.69, 9.17) is 5.73 Å². The molecule has 1 aromatic heterocycles. The lowest BCUT2D eigenvalue weighted by molar-refractivity contribution is 0.463. The molecule has 0 spiro atoms. The Labute approximate surface area is 96.0 Å². The minimum atomic E-state index is 0.260. The lowest BCUT2D eigenvalue weighted by Gasteiger charge is -2.28. The first-order valence-electron chi connectivity index (χ1n) is 5.64. The van der Waals surface area contributed by atoms with Crippen molar-refractivity contribution in [1.82, 2.24) is 0 Å². The third-order valence-corrected chi connectivity index (χ3v) is 4.20. The van der Waals surface area contributed by atoms with Crippen molar-refractivity contribution >= 4 is 11.3 Å². The fraction of sp³-hybridized carbons (Fsp3) is 0.538. The van der Waals surface area contributed by atoms with E-state index >= 15 is 0 Å². The SMILES string of the molecule is C=C(C)CC(N)C1CCCc2sccc21. The Kier molecular flexibility index (Phi) is 3.27. The molecule has 1 aliphatic carbocycles. The first-order chi connectivity index (χ1) is 7.18. The molecule has 0 saturated carbocycles. The Bertz CT molecular complexity index is 353. The smallest absolute Gasteiger partial charge is 0.0145 e. The number of aryl methyl sites for hydroxylation is 1. The standard InChI is InChI=1S/C13H19NS/c1-9(2)8-12(14)10-4-3-5-13-11(10)6-7-15-13/h6-7,10,12H,1,3-5,8,14H2,2H3. The van der Waals surface area contributed by atoms with Crippen LogP contribution in [0.2, 0.25) is 0 Å². The van der Waals surface area contributed by atoms with Crippen LogP contribution in [0.5, 0.6) is 0 Å². The van der Waals surface area contributed by atoms with Crippen molar-refractivity contribution in [2.45, 2.75) is 44.6 Å². The van der Waals surface area contributed by atoms with Crippen molar-refractivity contribution in [3.63, 3.8) is 0 Å². The number of thiophene rings is 1. The van der Waals surface area contributed by atoms with Gasteiger partial charge in [0.15, 0.2) is 0 Å². The highest BCUT2D eigenvalue weighted by Crippen LogP contribution is 2.37. The molecule has 0 aliphatic heterocycles. The molecule has 0 radical (unpaired) electrons. The Hall–Kier alpha value is -0.600. The van der Waals surface area contributed by atoms with Gasteiger partial charge in [-0.15, -0.1) is 17.9 Å². The van der Waals surface area contributed by atoms with E-state index in [1.165, 1.54) is 30.4 Å². The second-order valence-corrected chi connectivity index (χ2v) is 5.62. The monoisotopic (exact) mass is 221 g/mol. The molecule has 0 fully saturated rings. The molecule has 0 bridgehead atoms. The Balaban J connectivity index is 2.15. The van der Waals surface area contributed by atoms with Gasteiger partial charge in [0.25, 0.3) is 0 Å². The molecule has 82 valence electrons. The summed E-state index contributed by atoms with van der Waals surface area (Å²) in [5, 5.41) is 2.20. The lowest BCUT2D eigenvalue weighted by Crippen LogP contribution is -2.30. The maximum absolute atomic E-state index is 6.27. The third kappa shape index (κ3) is 2.32. The average molecular weight is 221 g/mol. The van der Waals surface area contributed by atoms with Crippen molar-refractivity contribution in [2.75, 3.05) is 0 Å². The molecule has 1 aromatic rings. The van der Waals surface area contributed by atoms with Gasteiger partial charge < -0.3 is 5.73 Å². The summed E-state index contributed by atoms with van der Waals surface area (Å²) in [4.78, 5) is 1.56. The number of fused-ring (bicyclic) bond motifs is 1. The third-order valence-electron chi connectivity index (χ3n) is 3.20. The number of rotatable bonds is 3. The maximum Gasteiger partial charge on any atom is 0.0145 e. The van der Waals surface area contributed by atoms with E-state index in [2.05, 4.69) is 24.9 Å². The molecular weight excluding hydrogens is 202 g/mol. The molecule has 2 N–H and O–H groups in total. The van der Waals surface area contributed by atoms with Crippen LogP contribution < -0.4 is 5.73 Å². The zero-order valence-electron chi connectivity index (χ0n) is 9.33. The van der Waals surface area contributed by atoms with Gasteiger partial charge in [0.1, 0.15) is 0 Å². The molecule has 2 atom stereocenters. The zero-order valence-corrected chi connectivity index (χ0v) is 10.1. The van der Waals surface area contributed by atoms with Crippen LogP contribution >= 0.6 is 11.3 Å². The quantitative estimate of drug-likeness (QED) is 0.777. The van der Waals surface area contributed by atoms with E-state index in [-0.39, 0.29) is 6.04 Å². The van der Waals surface area contributed by atoms with Gasteiger partial charge in [0.05, 0.1) is 0 Å². The Morgan fingerprint density at radius 3 is 3.27 bits per heavy atom. The van der Waals surface area contributed by atoms with Gasteiger partial charge in [0.2, 0.25) is 0 Å². The highest BCUT2D eigenvalue weighted by Gasteiger charge is 2.26. The van der Waals surface area contributed by atoms with Gasteiger partial charge >= 0.3 is 0 Å². The van der Waals surface area contributed by atoms with Crippen LogP contribution in [0.1, 0.15) is 42.5 Å². The first kappa shape index (κ1) is 10.9. The van der Waals surface area contributed by atoms with Crippen molar-refractivity contribution < 1.29 is 0 Å². The van der Waals surface area contributed by atoms with Crippen molar-refractivity contribution in [1.29, 1.82) is 0 Å². The molecule has 2 unspecified atom stereocenters. The highest BCUT2D eigenvalue weighted by molar-refractivity contribution is 7.10. The van der Waals surface area contributed by atoms with Crippen LogP contribution in [0.15, 0.2) is 23.6 Å². The van der Waals surface area contributed by atoms with Crippen molar-refractivity contribution in [3.8, 4) is 0 Å². The van der Waals surface area contributed by atoms with E-state index in [1.54, 1.807) is 4.88 Å². The number of hydrogen-bond acceptors (Lipinski definition) is 2. The van der Waals surface area contributed by atoms with Crippen LogP contribution in [0, 0.1) is 0 Å². The van der Waals surface area contributed by atoms with Crippen molar-refractivity contribution in [3.05, 3.63) is 34.0 Å². The second kappa shape index (κ2) is 4.50. The number of hydrogen-bond donors (Lipinski definition) is 1. The van der Waals surface area contributed by atoms with Crippen LogP contribution in [0.4, 0.5) is 0 Å². The molecule has 1 nitrogen and oxygen atoms in total. The van der Waals surface area contributed by atoms with Crippen molar-refractivity contribution in [2.24, 2.45) is 5.73 Å². The van der Waals surface area contributed by atoms with Gasteiger partial charge in [-0.1, -0.05) is 5.57 Å². The highest BCUT2D eigenvalue weighted by atomic mass is 32.1. The summed E-state index contributed by atoms with van der Waals surface area (Å²) >= 11 is 1.89. The summed E-state index contributed by atoms with van der Waals surface area (Å²) < 4.78 is 0. The minimum Gasteiger partial charge on any atom is -0.327 e. The zero-order chi connectivity index (χ0) is 10.8. The first-order valence-corrected chi connectivity index (χ1v) is 6.52. The van der Waals surface area contributed by atoms with E-state index in [9.17, 15) is 0 Å². The molecule has 15 heavy (non-hydrogen) atoms. The van der Waals surface area contributed by atoms with Crippen LogP contribution in [-0.4, -0.2) is 6.04 Å². The topological polar surface area (TPSA) is 26.0 Å². The predicted octanol–water partition coefficient (Wildman–Crippen LogP) is 3.46. The summed E-state index contributed by atoms with van der Waals surface area (Å²) in [5.41, 5.74) is 8.98. The maximum atomic E-state index is 6.27. The summed E-state index contributed by atoms with van der Waals surface area (Å²) in [6.07, 6.45) is 4.75.